The van der Waals surface area contributed by atoms with Crippen molar-refractivity contribution in [3.05, 3.63) is 58.0 Å². The summed E-state index contributed by atoms with van der Waals surface area (Å²) in [7, 11) is 0. The molecule has 0 spiro atoms. The van der Waals surface area contributed by atoms with Gasteiger partial charge in [-0.2, -0.15) is 0 Å². The average Bonchev–Trinajstić information content (AvgIpc) is 3.24. The maximum absolute atomic E-state index is 12.7. The summed E-state index contributed by atoms with van der Waals surface area (Å²) in [6.07, 6.45) is 3.49. The Morgan fingerprint density at radius 2 is 2.00 bits per heavy atom. The number of anilines is 1. The van der Waals surface area contributed by atoms with Gasteiger partial charge < -0.3 is 20.0 Å². The van der Waals surface area contributed by atoms with Crippen LogP contribution in [-0.2, 0) is 11.3 Å². The van der Waals surface area contributed by atoms with Crippen LogP contribution in [0.3, 0.4) is 0 Å². The minimum absolute atomic E-state index is 0.161. The summed E-state index contributed by atoms with van der Waals surface area (Å²) in [4.78, 5) is 37.4. The SMILES string of the molecule is CC1CCN(c2ccc([N+](=O)[O-])cc2C(=O)NCC(=O)NCc2ccco2)CC1. The number of non-ortho nitro benzene ring substituents is 1. The highest BCUT2D eigenvalue weighted by Crippen LogP contribution is 2.29. The molecule has 9 nitrogen and oxygen atoms in total. The Morgan fingerprint density at radius 3 is 2.66 bits per heavy atom. The Kier molecular flexibility index (Phi) is 6.48. The quantitative estimate of drug-likeness (QED) is 0.545. The van der Waals surface area contributed by atoms with E-state index in [-0.39, 0.29) is 30.2 Å². The molecule has 9 heteroatoms. The molecule has 2 amide bonds. The zero-order chi connectivity index (χ0) is 20.8. The van der Waals surface area contributed by atoms with Crippen LogP contribution in [-0.4, -0.2) is 36.4 Å². The summed E-state index contributed by atoms with van der Waals surface area (Å²) in [6, 6.07) is 7.73. The molecule has 0 bridgehead atoms. The lowest BCUT2D eigenvalue weighted by Crippen LogP contribution is -2.38. The number of furan rings is 1. The molecule has 0 atom stereocenters. The van der Waals surface area contributed by atoms with Gasteiger partial charge >= 0.3 is 0 Å². The number of rotatable bonds is 7. The number of benzene rings is 1. The second kappa shape index (κ2) is 9.22. The summed E-state index contributed by atoms with van der Waals surface area (Å²) < 4.78 is 5.13. The molecule has 0 radical (unpaired) electrons. The summed E-state index contributed by atoms with van der Waals surface area (Å²) in [6.45, 7) is 3.72. The van der Waals surface area contributed by atoms with Crippen molar-refractivity contribution >= 4 is 23.2 Å². The first kappa shape index (κ1) is 20.4. The van der Waals surface area contributed by atoms with Crippen molar-refractivity contribution in [1.29, 1.82) is 0 Å². The van der Waals surface area contributed by atoms with Crippen LogP contribution in [0, 0.1) is 16.0 Å². The van der Waals surface area contributed by atoms with Crippen LogP contribution in [0.15, 0.2) is 41.0 Å². The largest absolute Gasteiger partial charge is 0.467 e. The van der Waals surface area contributed by atoms with Gasteiger partial charge in [-0.1, -0.05) is 6.92 Å². The molecule has 0 aliphatic carbocycles. The average molecular weight is 400 g/mol. The van der Waals surface area contributed by atoms with Crippen molar-refractivity contribution in [3.8, 4) is 0 Å². The van der Waals surface area contributed by atoms with E-state index in [1.165, 1.54) is 18.4 Å². The molecule has 2 N–H and O–H groups in total. The van der Waals surface area contributed by atoms with Gasteiger partial charge in [-0.15, -0.1) is 0 Å². The number of carbonyl (C=O) groups is 2. The zero-order valence-electron chi connectivity index (χ0n) is 16.2. The monoisotopic (exact) mass is 400 g/mol. The summed E-state index contributed by atoms with van der Waals surface area (Å²) in [5.41, 5.74) is 0.690. The third-order valence-electron chi connectivity index (χ3n) is 5.01. The number of nitrogens with one attached hydrogen (secondary N) is 2. The molecular formula is C20H24N4O5. The van der Waals surface area contributed by atoms with Crippen LogP contribution < -0.4 is 15.5 Å². The third kappa shape index (κ3) is 5.34. The second-order valence-corrected chi connectivity index (χ2v) is 7.17. The van der Waals surface area contributed by atoms with E-state index in [1.54, 1.807) is 18.2 Å². The topological polar surface area (TPSA) is 118 Å². The molecule has 2 aromatic rings. The molecule has 154 valence electrons. The molecule has 29 heavy (non-hydrogen) atoms. The van der Waals surface area contributed by atoms with Crippen LogP contribution >= 0.6 is 0 Å². The van der Waals surface area contributed by atoms with E-state index >= 15 is 0 Å². The lowest BCUT2D eigenvalue weighted by molar-refractivity contribution is -0.384. The van der Waals surface area contributed by atoms with Gasteiger partial charge in [0, 0.05) is 25.2 Å². The fraction of sp³-hybridized carbons (Fsp3) is 0.400. The number of hydrogen-bond donors (Lipinski definition) is 2. The first-order valence-corrected chi connectivity index (χ1v) is 9.54. The number of piperidine rings is 1. The van der Waals surface area contributed by atoms with Gasteiger partial charge in [-0.05, 0) is 37.0 Å². The van der Waals surface area contributed by atoms with E-state index in [9.17, 15) is 19.7 Å². The van der Waals surface area contributed by atoms with Crippen molar-refractivity contribution < 1.29 is 18.9 Å². The van der Waals surface area contributed by atoms with Crippen molar-refractivity contribution in [3.63, 3.8) is 0 Å². The van der Waals surface area contributed by atoms with Crippen molar-refractivity contribution in [2.45, 2.75) is 26.3 Å². The predicted molar refractivity (Wildman–Crippen MR) is 107 cm³/mol. The van der Waals surface area contributed by atoms with Crippen molar-refractivity contribution in [1.82, 2.24) is 10.6 Å². The Labute approximate surface area is 168 Å². The van der Waals surface area contributed by atoms with Crippen LogP contribution in [0.5, 0.6) is 0 Å². The molecule has 1 saturated heterocycles. The van der Waals surface area contributed by atoms with Crippen LogP contribution in [0.2, 0.25) is 0 Å². The zero-order valence-corrected chi connectivity index (χ0v) is 16.2. The Balaban J connectivity index is 1.67. The van der Waals surface area contributed by atoms with E-state index in [0.717, 1.165) is 25.9 Å². The number of carbonyl (C=O) groups excluding carboxylic acids is 2. The normalized spacial score (nSPS) is 14.4. The molecule has 3 rings (SSSR count). The maximum atomic E-state index is 12.7. The summed E-state index contributed by atoms with van der Waals surface area (Å²) in [5.74, 6) is 0.313. The summed E-state index contributed by atoms with van der Waals surface area (Å²) in [5, 5.41) is 16.3. The standard InChI is InChI=1S/C20H24N4O5/c1-14-6-8-23(9-7-14)18-5-4-15(24(27)28)11-17(18)20(26)22-13-19(25)21-12-16-3-2-10-29-16/h2-5,10-11,14H,6-9,12-13H2,1H3,(H,21,25)(H,22,26). The van der Waals surface area contributed by atoms with Crippen LogP contribution in [0.1, 0.15) is 35.9 Å². The summed E-state index contributed by atoms with van der Waals surface area (Å²) >= 11 is 0. The highest BCUT2D eigenvalue weighted by atomic mass is 16.6. The number of amides is 2. The third-order valence-corrected chi connectivity index (χ3v) is 5.01. The van der Waals surface area contributed by atoms with Crippen LogP contribution in [0.25, 0.3) is 0 Å². The fourth-order valence-corrected chi connectivity index (χ4v) is 3.26. The molecule has 0 saturated carbocycles. The number of nitro groups is 1. The van der Waals surface area contributed by atoms with E-state index in [0.29, 0.717) is 17.4 Å². The van der Waals surface area contributed by atoms with Gasteiger partial charge in [0.05, 0.1) is 35.5 Å². The Hall–Kier alpha value is -3.36. The molecule has 1 aliphatic heterocycles. The van der Waals surface area contributed by atoms with Crippen molar-refractivity contribution in [2.75, 3.05) is 24.5 Å². The maximum Gasteiger partial charge on any atom is 0.270 e. The minimum atomic E-state index is -0.533. The molecular weight excluding hydrogens is 376 g/mol. The van der Waals surface area contributed by atoms with Gasteiger partial charge in [0.1, 0.15) is 5.76 Å². The van der Waals surface area contributed by atoms with E-state index in [1.807, 2.05) is 0 Å². The second-order valence-electron chi connectivity index (χ2n) is 7.17. The van der Waals surface area contributed by atoms with E-state index < -0.39 is 10.8 Å². The lowest BCUT2D eigenvalue weighted by Gasteiger charge is -2.33. The lowest BCUT2D eigenvalue weighted by atomic mass is 9.98. The minimum Gasteiger partial charge on any atom is -0.467 e. The van der Waals surface area contributed by atoms with Gasteiger partial charge in [-0.3, -0.25) is 19.7 Å². The van der Waals surface area contributed by atoms with Gasteiger partial charge in [0.2, 0.25) is 5.91 Å². The Morgan fingerprint density at radius 1 is 1.24 bits per heavy atom. The predicted octanol–water partition coefficient (Wildman–Crippen LogP) is 2.47. The number of hydrogen-bond acceptors (Lipinski definition) is 6. The smallest absolute Gasteiger partial charge is 0.270 e. The molecule has 1 fully saturated rings. The Bertz CT molecular complexity index is 873. The van der Waals surface area contributed by atoms with Gasteiger partial charge in [0.15, 0.2) is 0 Å². The molecule has 2 heterocycles. The fourth-order valence-electron chi connectivity index (χ4n) is 3.26. The molecule has 1 aliphatic rings. The van der Waals surface area contributed by atoms with E-state index in [2.05, 4.69) is 22.5 Å². The van der Waals surface area contributed by atoms with Gasteiger partial charge in [0.25, 0.3) is 11.6 Å². The number of nitrogens with zero attached hydrogens (tertiary/aromatic N) is 2. The highest BCUT2D eigenvalue weighted by Gasteiger charge is 2.23. The highest BCUT2D eigenvalue weighted by molar-refractivity contribution is 6.02. The molecule has 1 aromatic heterocycles. The van der Waals surface area contributed by atoms with Crippen molar-refractivity contribution in [2.24, 2.45) is 5.92 Å². The number of nitro benzene ring substituents is 1. The first-order valence-electron chi connectivity index (χ1n) is 9.54. The first-order chi connectivity index (χ1) is 13.9. The van der Waals surface area contributed by atoms with Crippen LogP contribution in [0.4, 0.5) is 11.4 Å². The molecule has 0 unspecified atom stereocenters. The van der Waals surface area contributed by atoms with Gasteiger partial charge in [-0.25, -0.2) is 0 Å². The molecule has 1 aromatic carbocycles. The van der Waals surface area contributed by atoms with E-state index in [4.69, 9.17) is 4.42 Å².